The van der Waals surface area contributed by atoms with Crippen LogP contribution in [0.5, 0.6) is 11.5 Å². The molecule has 0 aliphatic rings. The van der Waals surface area contributed by atoms with Gasteiger partial charge in [-0.15, -0.1) is 0 Å². The lowest BCUT2D eigenvalue weighted by Crippen LogP contribution is -2.05. The van der Waals surface area contributed by atoms with Crippen molar-refractivity contribution in [1.82, 2.24) is 4.98 Å². The minimum atomic E-state index is -0.504. The van der Waals surface area contributed by atoms with Crippen LogP contribution in [-0.2, 0) is 4.74 Å². The summed E-state index contributed by atoms with van der Waals surface area (Å²) in [5.74, 6) is 0.789. The van der Waals surface area contributed by atoms with Gasteiger partial charge in [0.2, 0.25) is 0 Å². The lowest BCUT2D eigenvalue weighted by Gasteiger charge is -2.09. The summed E-state index contributed by atoms with van der Waals surface area (Å²) in [7, 11) is 2.86. The second-order valence-electron chi connectivity index (χ2n) is 4.23. The molecule has 21 heavy (non-hydrogen) atoms. The molecule has 1 aromatic carbocycles. The quantitative estimate of drug-likeness (QED) is 0.791. The Kier molecular flexibility index (Phi) is 4.77. The monoisotopic (exact) mass is 287 g/mol. The molecule has 0 spiro atoms. The van der Waals surface area contributed by atoms with Crippen molar-refractivity contribution >= 4 is 5.97 Å². The molecule has 1 aromatic heterocycles. The van der Waals surface area contributed by atoms with E-state index in [1.807, 2.05) is 31.2 Å². The van der Waals surface area contributed by atoms with Gasteiger partial charge in [0, 0.05) is 17.7 Å². The van der Waals surface area contributed by atoms with Crippen LogP contribution in [0.4, 0.5) is 0 Å². The predicted octanol–water partition coefficient (Wildman–Crippen LogP) is 2.94. The van der Waals surface area contributed by atoms with Crippen LogP contribution < -0.4 is 9.47 Å². The summed E-state index contributed by atoms with van der Waals surface area (Å²) in [5.41, 5.74) is 1.66. The van der Waals surface area contributed by atoms with E-state index >= 15 is 0 Å². The molecule has 0 atom stereocenters. The highest BCUT2D eigenvalue weighted by Crippen LogP contribution is 2.26. The largest absolute Gasteiger partial charge is 0.497 e. The SMILES string of the molecule is CCOc1cccc(-c2cc(OC)cc(C(=O)OC)n2)c1. The van der Waals surface area contributed by atoms with Crippen molar-refractivity contribution in [2.75, 3.05) is 20.8 Å². The molecule has 0 N–H and O–H groups in total. The highest BCUT2D eigenvalue weighted by Gasteiger charge is 2.12. The van der Waals surface area contributed by atoms with Crippen LogP contribution in [0, 0.1) is 0 Å². The van der Waals surface area contributed by atoms with Crippen molar-refractivity contribution in [3.63, 3.8) is 0 Å². The fourth-order valence-corrected chi connectivity index (χ4v) is 1.89. The van der Waals surface area contributed by atoms with Crippen molar-refractivity contribution in [2.45, 2.75) is 6.92 Å². The predicted molar refractivity (Wildman–Crippen MR) is 78.7 cm³/mol. The van der Waals surface area contributed by atoms with Gasteiger partial charge < -0.3 is 14.2 Å². The van der Waals surface area contributed by atoms with Gasteiger partial charge in [-0.3, -0.25) is 0 Å². The van der Waals surface area contributed by atoms with E-state index in [9.17, 15) is 4.79 Å². The van der Waals surface area contributed by atoms with Gasteiger partial charge in [0.1, 0.15) is 11.5 Å². The highest BCUT2D eigenvalue weighted by atomic mass is 16.5. The maximum atomic E-state index is 11.7. The molecule has 5 heteroatoms. The molecule has 2 aromatic rings. The molecule has 2 rings (SSSR count). The van der Waals surface area contributed by atoms with Crippen LogP contribution in [0.3, 0.4) is 0 Å². The van der Waals surface area contributed by atoms with E-state index in [1.54, 1.807) is 12.1 Å². The molecular weight excluding hydrogens is 270 g/mol. The minimum absolute atomic E-state index is 0.202. The molecule has 0 radical (unpaired) electrons. The van der Waals surface area contributed by atoms with Gasteiger partial charge >= 0.3 is 5.97 Å². The van der Waals surface area contributed by atoms with E-state index in [-0.39, 0.29) is 5.69 Å². The highest BCUT2D eigenvalue weighted by molar-refractivity contribution is 5.88. The Morgan fingerprint density at radius 2 is 1.95 bits per heavy atom. The molecule has 0 saturated heterocycles. The molecule has 0 aliphatic carbocycles. The Hall–Kier alpha value is -2.56. The van der Waals surface area contributed by atoms with Crippen molar-refractivity contribution < 1.29 is 19.0 Å². The Bertz CT molecular complexity index is 640. The number of ether oxygens (including phenoxy) is 3. The summed E-state index contributed by atoms with van der Waals surface area (Å²) in [6.07, 6.45) is 0. The maximum Gasteiger partial charge on any atom is 0.356 e. The van der Waals surface area contributed by atoms with Gasteiger partial charge in [0.05, 0.1) is 26.5 Å². The number of nitrogens with zero attached hydrogens (tertiary/aromatic N) is 1. The Balaban J connectivity index is 2.47. The van der Waals surface area contributed by atoms with Crippen LogP contribution >= 0.6 is 0 Å². The maximum absolute atomic E-state index is 11.7. The number of methoxy groups -OCH3 is 2. The van der Waals surface area contributed by atoms with E-state index in [4.69, 9.17) is 14.2 Å². The average Bonchev–Trinajstić information content (AvgIpc) is 2.54. The molecule has 0 unspecified atom stereocenters. The molecule has 5 nitrogen and oxygen atoms in total. The Labute approximate surface area is 123 Å². The van der Waals surface area contributed by atoms with Crippen molar-refractivity contribution in [1.29, 1.82) is 0 Å². The number of carbonyl (C=O) groups excluding carboxylic acids is 1. The first-order chi connectivity index (χ1) is 10.2. The van der Waals surface area contributed by atoms with Gasteiger partial charge in [0.15, 0.2) is 5.69 Å². The first-order valence-corrected chi connectivity index (χ1v) is 6.55. The smallest absolute Gasteiger partial charge is 0.356 e. The van der Waals surface area contributed by atoms with Gasteiger partial charge in [-0.05, 0) is 19.1 Å². The van der Waals surface area contributed by atoms with E-state index in [2.05, 4.69) is 4.98 Å². The van der Waals surface area contributed by atoms with Crippen LogP contribution in [0.15, 0.2) is 36.4 Å². The number of esters is 1. The van der Waals surface area contributed by atoms with Gasteiger partial charge in [-0.2, -0.15) is 0 Å². The molecule has 0 bridgehead atoms. The third-order valence-electron chi connectivity index (χ3n) is 2.87. The van der Waals surface area contributed by atoms with Crippen molar-refractivity contribution in [2.24, 2.45) is 0 Å². The molecule has 1 heterocycles. The zero-order valence-corrected chi connectivity index (χ0v) is 12.3. The topological polar surface area (TPSA) is 57.7 Å². The van der Waals surface area contributed by atoms with Crippen LogP contribution in [0.25, 0.3) is 11.3 Å². The number of rotatable bonds is 5. The Morgan fingerprint density at radius 1 is 1.14 bits per heavy atom. The number of pyridine rings is 1. The fraction of sp³-hybridized carbons (Fsp3) is 0.250. The average molecular weight is 287 g/mol. The number of aromatic nitrogens is 1. The summed E-state index contributed by atoms with van der Waals surface area (Å²) in [6.45, 7) is 2.51. The van der Waals surface area contributed by atoms with E-state index in [1.165, 1.54) is 14.2 Å². The number of carbonyl (C=O) groups is 1. The van der Waals surface area contributed by atoms with Crippen LogP contribution in [0.2, 0.25) is 0 Å². The lowest BCUT2D eigenvalue weighted by atomic mass is 10.1. The van der Waals surface area contributed by atoms with E-state index < -0.39 is 5.97 Å². The van der Waals surface area contributed by atoms with Crippen molar-refractivity contribution in [3.05, 3.63) is 42.1 Å². The first-order valence-electron chi connectivity index (χ1n) is 6.55. The van der Waals surface area contributed by atoms with Gasteiger partial charge in [-0.25, -0.2) is 9.78 Å². The first kappa shape index (κ1) is 14.8. The zero-order valence-electron chi connectivity index (χ0n) is 12.3. The summed E-state index contributed by atoms with van der Waals surface area (Å²) in [6, 6.07) is 10.8. The molecule has 0 saturated carbocycles. The fourth-order valence-electron chi connectivity index (χ4n) is 1.89. The Morgan fingerprint density at radius 3 is 2.62 bits per heavy atom. The summed E-state index contributed by atoms with van der Waals surface area (Å²) < 4.78 is 15.4. The van der Waals surface area contributed by atoms with Crippen LogP contribution in [0.1, 0.15) is 17.4 Å². The summed E-state index contributed by atoms with van der Waals surface area (Å²) in [5, 5.41) is 0. The third kappa shape index (κ3) is 3.51. The molecule has 0 fully saturated rings. The summed E-state index contributed by atoms with van der Waals surface area (Å²) >= 11 is 0. The number of hydrogen-bond acceptors (Lipinski definition) is 5. The molecule has 0 amide bonds. The van der Waals surface area contributed by atoms with Crippen LogP contribution in [-0.4, -0.2) is 31.8 Å². The number of benzene rings is 1. The zero-order chi connectivity index (χ0) is 15.2. The standard InChI is InChI=1S/C16H17NO4/c1-4-21-12-7-5-6-11(8-12)14-9-13(19-2)10-15(17-14)16(18)20-3/h5-10H,4H2,1-3H3. The van der Waals surface area contributed by atoms with Gasteiger partial charge in [0.25, 0.3) is 0 Å². The second kappa shape index (κ2) is 6.74. The summed E-state index contributed by atoms with van der Waals surface area (Å²) in [4.78, 5) is 16.0. The third-order valence-corrected chi connectivity index (χ3v) is 2.87. The normalized spacial score (nSPS) is 10.0. The second-order valence-corrected chi connectivity index (χ2v) is 4.23. The molecular formula is C16H17NO4. The van der Waals surface area contributed by atoms with Gasteiger partial charge in [-0.1, -0.05) is 12.1 Å². The number of hydrogen-bond donors (Lipinski definition) is 0. The van der Waals surface area contributed by atoms with E-state index in [0.717, 1.165) is 11.3 Å². The molecule has 110 valence electrons. The van der Waals surface area contributed by atoms with Crippen molar-refractivity contribution in [3.8, 4) is 22.8 Å². The minimum Gasteiger partial charge on any atom is -0.497 e. The van der Waals surface area contributed by atoms with E-state index in [0.29, 0.717) is 18.1 Å². The molecule has 0 aliphatic heterocycles. The lowest BCUT2D eigenvalue weighted by molar-refractivity contribution is 0.0593.